The van der Waals surface area contributed by atoms with Crippen molar-refractivity contribution in [3.8, 4) is 0 Å². The third-order valence-electron chi connectivity index (χ3n) is 2.08. The molecule has 5 heteroatoms. The van der Waals surface area contributed by atoms with E-state index in [0.717, 1.165) is 0 Å². The third-order valence-corrected chi connectivity index (χ3v) is 2.08. The first-order chi connectivity index (χ1) is 7.59. The summed E-state index contributed by atoms with van der Waals surface area (Å²) in [6.45, 7) is 0.633. The molecule has 0 aliphatic rings. The lowest BCUT2D eigenvalue weighted by molar-refractivity contribution is -0.146. The first kappa shape index (κ1) is 12.6. The Kier molecular flexibility index (Phi) is 4.37. The van der Waals surface area contributed by atoms with Crippen molar-refractivity contribution in [2.24, 2.45) is 0 Å². The lowest BCUT2D eigenvalue weighted by Crippen LogP contribution is -2.40. The number of carbonyl (C=O) groups excluding carboxylic acids is 1. The van der Waals surface area contributed by atoms with Crippen molar-refractivity contribution in [2.45, 2.75) is 5.92 Å². The SMILES string of the molecule is CNCCNC(=O)C(F)(F)c1ccccc1. The minimum atomic E-state index is -3.48. The van der Waals surface area contributed by atoms with Crippen molar-refractivity contribution in [3.05, 3.63) is 35.9 Å². The van der Waals surface area contributed by atoms with Gasteiger partial charge in [0.25, 0.3) is 5.91 Å². The van der Waals surface area contributed by atoms with E-state index in [1.165, 1.54) is 24.3 Å². The number of amides is 1. The molecule has 0 fully saturated rings. The average Bonchev–Trinajstić information content (AvgIpc) is 2.30. The van der Waals surface area contributed by atoms with Gasteiger partial charge in [0.1, 0.15) is 0 Å². The van der Waals surface area contributed by atoms with Gasteiger partial charge in [-0.2, -0.15) is 8.78 Å². The molecule has 3 nitrogen and oxygen atoms in total. The van der Waals surface area contributed by atoms with E-state index in [1.807, 2.05) is 0 Å². The molecule has 1 aromatic rings. The highest BCUT2D eigenvalue weighted by Gasteiger charge is 2.40. The Morgan fingerprint density at radius 1 is 1.25 bits per heavy atom. The number of hydrogen-bond acceptors (Lipinski definition) is 2. The van der Waals surface area contributed by atoms with Gasteiger partial charge in [0.15, 0.2) is 0 Å². The normalized spacial score (nSPS) is 11.2. The molecule has 0 aromatic heterocycles. The van der Waals surface area contributed by atoms with Crippen LogP contribution in [-0.4, -0.2) is 26.0 Å². The van der Waals surface area contributed by atoms with Gasteiger partial charge >= 0.3 is 5.92 Å². The Morgan fingerprint density at radius 2 is 1.88 bits per heavy atom. The van der Waals surface area contributed by atoms with E-state index >= 15 is 0 Å². The second-order valence-corrected chi connectivity index (χ2v) is 3.30. The molecule has 0 saturated carbocycles. The Hall–Kier alpha value is -1.49. The molecule has 0 unspecified atom stereocenters. The number of benzene rings is 1. The average molecular weight is 228 g/mol. The summed E-state index contributed by atoms with van der Waals surface area (Å²) < 4.78 is 27.1. The highest BCUT2D eigenvalue weighted by atomic mass is 19.3. The standard InChI is InChI=1S/C11H14F2N2O/c1-14-7-8-15-10(16)11(12,13)9-5-3-2-4-6-9/h2-6,14H,7-8H2,1H3,(H,15,16). The van der Waals surface area contributed by atoms with Crippen LogP contribution in [0.5, 0.6) is 0 Å². The van der Waals surface area contributed by atoms with E-state index in [9.17, 15) is 13.6 Å². The molecule has 0 bridgehead atoms. The molecular weight excluding hydrogens is 214 g/mol. The van der Waals surface area contributed by atoms with E-state index in [0.29, 0.717) is 6.54 Å². The van der Waals surface area contributed by atoms with E-state index in [4.69, 9.17) is 0 Å². The Labute approximate surface area is 92.8 Å². The Morgan fingerprint density at radius 3 is 2.44 bits per heavy atom. The maximum absolute atomic E-state index is 13.5. The summed E-state index contributed by atoms with van der Waals surface area (Å²) >= 11 is 0. The lowest BCUT2D eigenvalue weighted by atomic mass is 10.1. The minimum absolute atomic E-state index is 0.178. The van der Waals surface area contributed by atoms with Gasteiger partial charge < -0.3 is 10.6 Å². The van der Waals surface area contributed by atoms with E-state index in [2.05, 4.69) is 10.6 Å². The van der Waals surface area contributed by atoms with Crippen LogP contribution in [0.25, 0.3) is 0 Å². The fraction of sp³-hybridized carbons (Fsp3) is 0.364. The zero-order chi connectivity index (χ0) is 12.0. The zero-order valence-corrected chi connectivity index (χ0v) is 8.97. The Balaban J connectivity index is 2.66. The van der Waals surface area contributed by atoms with E-state index < -0.39 is 11.8 Å². The predicted octanol–water partition coefficient (Wildman–Crippen LogP) is 1.11. The summed E-state index contributed by atoms with van der Waals surface area (Å²) in [5.74, 6) is -4.75. The summed E-state index contributed by atoms with van der Waals surface area (Å²) in [5, 5.41) is 4.93. The number of halogens is 2. The molecule has 0 heterocycles. The van der Waals surface area contributed by atoms with Crippen molar-refractivity contribution in [1.29, 1.82) is 0 Å². The number of hydrogen-bond donors (Lipinski definition) is 2. The van der Waals surface area contributed by atoms with Crippen LogP contribution in [0, 0.1) is 0 Å². The van der Waals surface area contributed by atoms with E-state index in [-0.39, 0.29) is 12.1 Å². The number of nitrogens with one attached hydrogen (secondary N) is 2. The first-order valence-electron chi connectivity index (χ1n) is 4.95. The smallest absolute Gasteiger partial charge is 0.349 e. The Bertz CT molecular complexity index is 341. The number of alkyl halides is 2. The molecule has 16 heavy (non-hydrogen) atoms. The summed E-state index contributed by atoms with van der Waals surface area (Å²) in [5.41, 5.74) is -0.294. The van der Waals surface area contributed by atoms with Crippen LogP contribution in [0.2, 0.25) is 0 Å². The molecular formula is C11H14F2N2O. The highest BCUT2D eigenvalue weighted by Crippen LogP contribution is 2.27. The second-order valence-electron chi connectivity index (χ2n) is 3.30. The molecule has 0 aliphatic carbocycles. The first-order valence-corrected chi connectivity index (χ1v) is 4.95. The maximum atomic E-state index is 13.5. The van der Waals surface area contributed by atoms with Gasteiger partial charge in [-0.05, 0) is 7.05 Å². The molecule has 2 N–H and O–H groups in total. The van der Waals surface area contributed by atoms with Crippen molar-refractivity contribution < 1.29 is 13.6 Å². The van der Waals surface area contributed by atoms with Gasteiger partial charge in [-0.25, -0.2) is 0 Å². The van der Waals surface area contributed by atoms with Crippen LogP contribution < -0.4 is 10.6 Å². The second kappa shape index (κ2) is 5.55. The topological polar surface area (TPSA) is 41.1 Å². The van der Waals surface area contributed by atoms with Crippen LogP contribution in [0.1, 0.15) is 5.56 Å². The quantitative estimate of drug-likeness (QED) is 0.741. The monoisotopic (exact) mass is 228 g/mol. The van der Waals surface area contributed by atoms with Crippen LogP contribution in [0.15, 0.2) is 30.3 Å². The fourth-order valence-corrected chi connectivity index (χ4v) is 1.19. The van der Waals surface area contributed by atoms with E-state index in [1.54, 1.807) is 13.1 Å². The van der Waals surface area contributed by atoms with Gasteiger partial charge in [-0.15, -0.1) is 0 Å². The summed E-state index contributed by atoms with van der Waals surface area (Å²) in [7, 11) is 1.68. The van der Waals surface area contributed by atoms with Gasteiger partial charge in [0.05, 0.1) is 0 Å². The molecule has 1 aromatic carbocycles. The number of likely N-dealkylation sites (N-methyl/N-ethyl adjacent to an activating group) is 1. The largest absolute Gasteiger partial charge is 0.349 e. The molecule has 1 rings (SSSR count). The minimum Gasteiger partial charge on any atom is -0.349 e. The van der Waals surface area contributed by atoms with Gasteiger partial charge in [0, 0.05) is 18.7 Å². The van der Waals surface area contributed by atoms with Crippen LogP contribution >= 0.6 is 0 Å². The summed E-state index contributed by atoms with van der Waals surface area (Å²) in [4.78, 5) is 11.3. The summed E-state index contributed by atoms with van der Waals surface area (Å²) in [6, 6.07) is 7.04. The van der Waals surface area contributed by atoms with Crippen LogP contribution in [0.4, 0.5) is 8.78 Å². The molecule has 0 atom stereocenters. The van der Waals surface area contributed by atoms with Crippen molar-refractivity contribution in [1.82, 2.24) is 10.6 Å². The van der Waals surface area contributed by atoms with Crippen molar-refractivity contribution in [3.63, 3.8) is 0 Å². The third kappa shape index (κ3) is 3.00. The number of rotatable bonds is 5. The van der Waals surface area contributed by atoms with Gasteiger partial charge in [-0.3, -0.25) is 4.79 Å². The van der Waals surface area contributed by atoms with Crippen molar-refractivity contribution in [2.75, 3.05) is 20.1 Å². The molecule has 0 radical (unpaired) electrons. The van der Waals surface area contributed by atoms with Gasteiger partial charge in [0.2, 0.25) is 0 Å². The van der Waals surface area contributed by atoms with Crippen molar-refractivity contribution >= 4 is 5.91 Å². The zero-order valence-electron chi connectivity index (χ0n) is 8.97. The maximum Gasteiger partial charge on any atom is 0.349 e. The van der Waals surface area contributed by atoms with Crippen LogP contribution in [0.3, 0.4) is 0 Å². The molecule has 88 valence electrons. The molecule has 0 aliphatic heterocycles. The van der Waals surface area contributed by atoms with Crippen LogP contribution in [-0.2, 0) is 10.7 Å². The molecule has 0 spiro atoms. The summed E-state index contributed by atoms with van der Waals surface area (Å²) in [6.07, 6.45) is 0. The fourth-order valence-electron chi connectivity index (χ4n) is 1.19. The predicted molar refractivity (Wildman–Crippen MR) is 57.3 cm³/mol. The molecule has 1 amide bonds. The number of carbonyl (C=O) groups is 1. The highest BCUT2D eigenvalue weighted by molar-refractivity contribution is 5.84. The molecule has 0 saturated heterocycles. The lowest BCUT2D eigenvalue weighted by Gasteiger charge is -2.16. The van der Waals surface area contributed by atoms with Gasteiger partial charge in [-0.1, -0.05) is 30.3 Å².